The molecule has 1 atom stereocenters. The summed E-state index contributed by atoms with van der Waals surface area (Å²) in [6.45, 7) is 7.67. The number of hydrogen-bond acceptors (Lipinski definition) is 4. The zero-order chi connectivity index (χ0) is 14.1. The molecule has 2 rings (SSSR count). The minimum atomic E-state index is -1.19. The van der Waals surface area contributed by atoms with Crippen molar-refractivity contribution in [2.24, 2.45) is 4.99 Å². The van der Waals surface area contributed by atoms with Gasteiger partial charge in [0.05, 0.1) is 11.3 Å². The maximum Gasteiger partial charge on any atom is 0.368 e. The van der Waals surface area contributed by atoms with Crippen LogP contribution in [0.1, 0.15) is 33.3 Å². The normalized spacial score (nSPS) is 21.8. The number of nitrogens with zero attached hydrogens (tertiary/aromatic N) is 1. The fraction of sp³-hybridized carbons (Fsp3) is 0.467. The van der Waals surface area contributed by atoms with Gasteiger partial charge in [-0.3, -0.25) is 0 Å². The predicted octanol–water partition coefficient (Wildman–Crippen LogP) is 2.72. The van der Waals surface area contributed by atoms with Gasteiger partial charge >= 0.3 is 5.97 Å². The molecule has 0 N–H and O–H groups in total. The summed E-state index contributed by atoms with van der Waals surface area (Å²) >= 11 is 0. The second-order valence-corrected chi connectivity index (χ2v) is 5.62. The van der Waals surface area contributed by atoms with E-state index < -0.39 is 17.3 Å². The Bertz CT molecular complexity index is 502. The molecule has 0 radical (unpaired) electrons. The number of carbonyl (C=O) groups excluding carboxylic acids is 1. The average molecular weight is 261 g/mol. The molecule has 0 aliphatic carbocycles. The van der Waals surface area contributed by atoms with Crippen LogP contribution >= 0.6 is 0 Å². The molecule has 0 spiro atoms. The van der Waals surface area contributed by atoms with Crippen LogP contribution in [-0.4, -0.2) is 23.0 Å². The molecule has 1 unspecified atom stereocenters. The summed E-state index contributed by atoms with van der Waals surface area (Å²) in [5.74, 6) is -0.441. The monoisotopic (exact) mass is 261 g/mol. The molecule has 1 aliphatic heterocycles. The summed E-state index contributed by atoms with van der Waals surface area (Å²) in [5.41, 5.74) is -0.0272. The Labute approximate surface area is 113 Å². The molecule has 19 heavy (non-hydrogen) atoms. The van der Waals surface area contributed by atoms with E-state index in [9.17, 15) is 4.79 Å². The van der Waals surface area contributed by atoms with Gasteiger partial charge < -0.3 is 9.47 Å². The lowest BCUT2D eigenvalue weighted by molar-refractivity contribution is -0.170. The highest BCUT2D eigenvalue weighted by atomic mass is 16.6. The van der Waals surface area contributed by atoms with Gasteiger partial charge in [0, 0.05) is 0 Å². The van der Waals surface area contributed by atoms with E-state index in [2.05, 4.69) is 4.99 Å². The number of rotatable bonds is 4. The van der Waals surface area contributed by atoms with E-state index in [0.717, 1.165) is 5.56 Å². The van der Waals surface area contributed by atoms with Crippen LogP contribution in [0.3, 0.4) is 0 Å². The Morgan fingerprint density at radius 1 is 1.26 bits per heavy atom. The van der Waals surface area contributed by atoms with Crippen LogP contribution in [0.5, 0.6) is 0 Å². The predicted molar refractivity (Wildman–Crippen MR) is 72.9 cm³/mol. The van der Waals surface area contributed by atoms with E-state index in [4.69, 9.17) is 9.47 Å². The summed E-state index contributed by atoms with van der Waals surface area (Å²) in [6, 6.07) is 9.55. The third-order valence-electron chi connectivity index (χ3n) is 2.71. The maximum absolute atomic E-state index is 12.1. The molecule has 1 aliphatic rings. The highest BCUT2D eigenvalue weighted by molar-refractivity contribution is 6.18. The molecule has 4 nitrogen and oxygen atoms in total. The average Bonchev–Trinajstić information content (AvgIpc) is 2.96. The van der Waals surface area contributed by atoms with Crippen molar-refractivity contribution in [1.82, 2.24) is 0 Å². The Balaban J connectivity index is 1.96. The highest BCUT2D eigenvalue weighted by Crippen LogP contribution is 2.35. The number of carbonyl (C=O) groups is 1. The van der Waals surface area contributed by atoms with Crippen molar-refractivity contribution in [2.45, 2.75) is 45.6 Å². The maximum atomic E-state index is 12.1. The molecule has 1 heterocycles. The van der Waals surface area contributed by atoms with Crippen LogP contribution in [0.25, 0.3) is 0 Å². The van der Waals surface area contributed by atoms with Crippen molar-refractivity contribution in [3.05, 3.63) is 35.9 Å². The van der Waals surface area contributed by atoms with Crippen molar-refractivity contribution >= 4 is 11.7 Å². The molecule has 0 aromatic heterocycles. The topological polar surface area (TPSA) is 47.9 Å². The SMILES string of the molecule is CC1=NC1(OC(C)(C)C)C(=O)OCc1ccccc1. The van der Waals surface area contributed by atoms with Crippen LogP contribution in [0.2, 0.25) is 0 Å². The van der Waals surface area contributed by atoms with Gasteiger partial charge in [0.2, 0.25) is 0 Å². The zero-order valence-electron chi connectivity index (χ0n) is 11.8. The van der Waals surface area contributed by atoms with Gasteiger partial charge in [0.1, 0.15) is 6.61 Å². The lowest BCUT2D eigenvalue weighted by Gasteiger charge is -2.25. The summed E-state index contributed by atoms with van der Waals surface area (Å²) in [7, 11) is 0. The Kier molecular flexibility index (Phi) is 3.45. The summed E-state index contributed by atoms with van der Waals surface area (Å²) in [5, 5.41) is 0. The van der Waals surface area contributed by atoms with Gasteiger partial charge in [-0.1, -0.05) is 30.3 Å². The minimum absolute atomic E-state index is 0.234. The van der Waals surface area contributed by atoms with Crippen molar-refractivity contribution < 1.29 is 14.3 Å². The van der Waals surface area contributed by atoms with Crippen LogP contribution in [0.15, 0.2) is 35.3 Å². The third kappa shape index (κ3) is 3.20. The molecular weight excluding hydrogens is 242 g/mol. The van der Waals surface area contributed by atoms with E-state index in [-0.39, 0.29) is 6.61 Å². The molecule has 0 fully saturated rings. The first-order valence-corrected chi connectivity index (χ1v) is 6.32. The third-order valence-corrected chi connectivity index (χ3v) is 2.71. The van der Waals surface area contributed by atoms with Crippen LogP contribution in [-0.2, 0) is 20.9 Å². The number of hydrogen-bond donors (Lipinski definition) is 0. The molecule has 4 heteroatoms. The van der Waals surface area contributed by atoms with Crippen molar-refractivity contribution in [1.29, 1.82) is 0 Å². The standard InChI is InChI=1S/C15H19NO3/c1-11-15(16-11,19-14(2,3)4)13(17)18-10-12-8-6-5-7-9-12/h5-9H,10H2,1-4H3. The molecule has 1 aromatic carbocycles. The summed E-state index contributed by atoms with van der Waals surface area (Å²) in [4.78, 5) is 16.2. The molecule has 102 valence electrons. The first-order chi connectivity index (χ1) is 8.83. The van der Waals surface area contributed by atoms with Gasteiger partial charge in [-0.2, -0.15) is 0 Å². The highest BCUT2D eigenvalue weighted by Gasteiger charge is 2.57. The lowest BCUT2D eigenvalue weighted by Crippen LogP contribution is -2.41. The van der Waals surface area contributed by atoms with Crippen molar-refractivity contribution in [3.63, 3.8) is 0 Å². The van der Waals surface area contributed by atoms with Gasteiger partial charge in [0.25, 0.3) is 5.72 Å². The number of esters is 1. The van der Waals surface area contributed by atoms with Crippen LogP contribution in [0.4, 0.5) is 0 Å². The van der Waals surface area contributed by atoms with Crippen molar-refractivity contribution in [3.8, 4) is 0 Å². The quantitative estimate of drug-likeness (QED) is 0.783. The van der Waals surface area contributed by atoms with Crippen molar-refractivity contribution in [2.75, 3.05) is 0 Å². The van der Waals surface area contributed by atoms with Crippen LogP contribution in [0, 0.1) is 0 Å². The Morgan fingerprint density at radius 2 is 1.84 bits per heavy atom. The minimum Gasteiger partial charge on any atom is -0.457 e. The Morgan fingerprint density at radius 3 is 2.32 bits per heavy atom. The first-order valence-electron chi connectivity index (χ1n) is 6.32. The van der Waals surface area contributed by atoms with Crippen LogP contribution < -0.4 is 0 Å². The smallest absolute Gasteiger partial charge is 0.368 e. The van der Waals surface area contributed by atoms with Gasteiger partial charge in [-0.25, -0.2) is 9.79 Å². The molecular formula is C15H19NO3. The number of benzene rings is 1. The number of ether oxygens (including phenoxy) is 2. The fourth-order valence-corrected chi connectivity index (χ4v) is 1.80. The zero-order valence-corrected chi connectivity index (χ0v) is 11.8. The second kappa shape index (κ2) is 4.78. The summed E-state index contributed by atoms with van der Waals surface area (Å²) < 4.78 is 11.0. The van der Waals surface area contributed by atoms with E-state index >= 15 is 0 Å². The van der Waals surface area contributed by atoms with E-state index in [0.29, 0.717) is 5.71 Å². The molecule has 0 saturated carbocycles. The number of aliphatic imine (C=N–C) groups is 1. The second-order valence-electron chi connectivity index (χ2n) is 5.62. The molecule has 1 aromatic rings. The van der Waals surface area contributed by atoms with Gasteiger partial charge in [-0.15, -0.1) is 0 Å². The van der Waals surface area contributed by atoms with E-state index in [1.165, 1.54) is 0 Å². The van der Waals surface area contributed by atoms with E-state index in [1.54, 1.807) is 6.92 Å². The first kappa shape index (κ1) is 13.7. The lowest BCUT2D eigenvalue weighted by atomic mass is 10.1. The molecule has 0 saturated heterocycles. The summed E-state index contributed by atoms with van der Waals surface area (Å²) in [6.07, 6.45) is 0. The van der Waals surface area contributed by atoms with Gasteiger partial charge in [-0.05, 0) is 33.3 Å². The van der Waals surface area contributed by atoms with E-state index in [1.807, 2.05) is 51.1 Å². The Hall–Kier alpha value is -1.68. The van der Waals surface area contributed by atoms with Gasteiger partial charge in [0.15, 0.2) is 0 Å². The molecule has 0 bridgehead atoms. The largest absolute Gasteiger partial charge is 0.457 e. The molecule has 0 amide bonds. The fourth-order valence-electron chi connectivity index (χ4n) is 1.80.